The SMILES string of the molecule is CC(C)c1nnc2ccc(S(=O)(=O)c3ccc(F)cc3F)cn12. The molecule has 0 radical (unpaired) electrons. The van der Waals surface area contributed by atoms with Crippen molar-refractivity contribution in [3.8, 4) is 0 Å². The summed E-state index contributed by atoms with van der Waals surface area (Å²) in [4.78, 5) is -0.686. The number of halogens is 2. The average Bonchev–Trinajstić information content (AvgIpc) is 2.89. The molecule has 8 heteroatoms. The number of hydrogen-bond donors (Lipinski definition) is 0. The third-order valence-corrected chi connectivity index (χ3v) is 5.18. The van der Waals surface area contributed by atoms with Crippen LogP contribution in [0.5, 0.6) is 0 Å². The number of hydrogen-bond acceptors (Lipinski definition) is 4. The van der Waals surface area contributed by atoms with Crippen LogP contribution in [-0.2, 0) is 9.84 Å². The van der Waals surface area contributed by atoms with Crippen LogP contribution in [0.2, 0.25) is 0 Å². The molecule has 23 heavy (non-hydrogen) atoms. The zero-order chi connectivity index (χ0) is 16.8. The summed E-state index contributed by atoms with van der Waals surface area (Å²) < 4.78 is 53.6. The first-order valence-corrected chi connectivity index (χ1v) is 8.34. The molecule has 0 amide bonds. The highest BCUT2D eigenvalue weighted by Crippen LogP contribution is 2.25. The number of nitrogens with zero attached hydrogens (tertiary/aromatic N) is 3. The van der Waals surface area contributed by atoms with E-state index in [1.165, 1.54) is 18.3 Å². The molecule has 0 aliphatic carbocycles. The van der Waals surface area contributed by atoms with Crippen LogP contribution in [0.3, 0.4) is 0 Å². The second kappa shape index (κ2) is 5.38. The molecule has 0 aliphatic rings. The average molecular weight is 337 g/mol. The van der Waals surface area contributed by atoms with Gasteiger partial charge in [0.15, 0.2) is 5.65 Å². The van der Waals surface area contributed by atoms with Crippen molar-refractivity contribution in [2.75, 3.05) is 0 Å². The highest BCUT2D eigenvalue weighted by molar-refractivity contribution is 7.91. The van der Waals surface area contributed by atoms with Gasteiger partial charge in [-0.3, -0.25) is 4.40 Å². The van der Waals surface area contributed by atoms with Crippen molar-refractivity contribution in [1.82, 2.24) is 14.6 Å². The maximum atomic E-state index is 13.8. The second-order valence-electron chi connectivity index (χ2n) is 5.38. The minimum Gasteiger partial charge on any atom is -0.285 e. The molecular weight excluding hydrogens is 324 g/mol. The number of fused-ring (bicyclic) bond motifs is 1. The smallest absolute Gasteiger partial charge is 0.210 e. The van der Waals surface area contributed by atoms with E-state index in [-0.39, 0.29) is 10.8 Å². The summed E-state index contributed by atoms with van der Waals surface area (Å²) in [5, 5.41) is 7.97. The molecule has 0 aliphatic heterocycles. The molecule has 0 fully saturated rings. The van der Waals surface area contributed by atoms with Gasteiger partial charge in [-0.05, 0) is 24.3 Å². The van der Waals surface area contributed by atoms with Gasteiger partial charge in [0.2, 0.25) is 9.84 Å². The van der Waals surface area contributed by atoms with Crippen molar-refractivity contribution >= 4 is 15.5 Å². The predicted molar refractivity (Wildman–Crippen MR) is 78.9 cm³/mol. The van der Waals surface area contributed by atoms with Crippen molar-refractivity contribution in [1.29, 1.82) is 0 Å². The maximum absolute atomic E-state index is 13.8. The Balaban J connectivity index is 2.20. The fraction of sp³-hybridized carbons (Fsp3) is 0.200. The van der Waals surface area contributed by atoms with Gasteiger partial charge in [0.05, 0.1) is 4.90 Å². The molecule has 2 heterocycles. The molecule has 0 saturated heterocycles. The molecule has 0 atom stereocenters. The molecule has 3 aromatic rings. The van der Waals surface area contributed by atoms with Gasteiger partial charge in [0.25, 0.3) is 0 Å². The van der Waals surface area contributed by atoms with Gasteiger partial charge < -0.3 is 0 Å². The van der Waals surface area contributed by atoms with Gasteiger partial charge in [0, 0.05) is 18.2 Å². The minimum absolute atomic E-state index is 0.0329. The van der Waals surface area contributed by atoms with Crippen LogP contribution in [0, 0.1) is 11.6 Å². The Morgan fingerprint density at radius 2 is 1.83 bits per heavy atom. The summed E-state index contributed by atoms with van der Waals surface area (Å²) >= 11 is 0. The van der Waals surface area contributed by atoms with E-state index in [1.807, 2.05) is 13.8 Å². The number of benzene rings is 1. The Labute approximate surface area is 131 Å². The topological polar surface area (TPSA) is 64.3 Å². The third-order valence-electron chi connectivity index (χ3n) is 3.41. The maximum Gasteiger partial charge on any atom is 0.210 e. The van der Waals surface area contributed by atoms with Crippen LogP contribution < -0.4 is 0 Å². The number of pyridine rings is 1. The lowest BCUT2D eigenvalue weighted by molar-refractivity contribution is 0.549. The van der Waals surface area contributed by atoms with Gasteiger partial charge in [-0.2, -0.15) is 0 Å². The van der Waals surface area contributed by atoms with Crippen LogP contribution in [0.15, 0.2) is 46.3 Å². The lowest BCUT2D eigenvalue weighted by atomic mass is 10.2. The lowest BCUT2D eigenvalue weighted by Crippen LogP contribution is -2.07. The van der Waals surface area contributed by atoms with Gasteiger partial charge in [-0.1, -0.05) is 13.8 Å². The summed E-state index contributed by atoms with van der Waals surface area (Å²) in [5.41, 5.74) is 0.493. The Bertz CT molecular complexity index is 997. The normalized spacial score (nSPS) is 12.2. The quantitative estimate of drug-likeness (QED) is 0.689. The first-order valence-electron chi connectivity index (χ1n) is 6.85. The monoisotopic (exact) mass is 337 g/mol. The van der Waals surface area contributed by atoms with E-state index in [1.54, 1.807) is 4.40 Å². The Hall–Kier alpha value is -2.35. The predicted octanol–water partition coefficient (Wildman–Crippen LogP) is 2.96. The van der Waals surface area contributed by atoms with E-state index in [9.17, 15) is 17.2 Å². The fourth-order valence-corrected chi connectivity index (χ4v) is 3.57. The molecule has 3 rings (SSSR count). The zero-order valence-electron chi connectivity index (χ0n) is 12.4. The summed E-state index contributed by atoms with van der Waals surface area (Å²) in [6, 6.07) is 5.19. The molecule has 1 aromatic carbocycles. The van der Waals surface area contributed by atoms with E-state index >= 15 is 0 Å². The molecule has 5 nitrogen and oxygen atoms in total. The van der Waals surface area contributed by atoms with Crippen molar-refractivity contribution in [3.63, 3.8) is 0 Å². The molecule has 0 bridgehead atoms. The minimum atomic E-state index is -4.12. The standard InChI is InChI=1S/C15H13F2N3O2S/c1-9(2)15-19-18-14-6-4-11(8-20(14)15)23(21,22)13-5-3-10(16)7-12(13)17/h3-9H,1-2H3. The summed E-state index contributed by atoms with van der Waals surface area (Å²) in [6.07, 6.45) is 1.35. The second-order valence-corrected chi connectivity index (χ2v) is 7.30. The molecule has 0 N–H and O–H groups in total. The summed E-state index contributed by atoms with van der Waals surface area (Å²) in [7, 11) is -4.12. The van der Waals surface area contributed by atoms with Crippen molar-refractivity contribution in [2.24, 2.45) is 0 Å². The van der Waals surface area contributed by atoms with Gasteiger partial charge in [0.1, 0.15) is 22.4 Å². The Morgan fingerprint density at radius 1 is 1.09 bits per heavy atom. The van der Waals surface area contributed by atoms with Crippen molar-refractivity contribution in [2.45, 2.75) is 29.6 Å². The van der Waals surface area contributed by atoms with E-state index in [2.05, 4.69) is 10.2 Å². The van der Waals surface area contributed by atoms with Gasteiger partial charge >= 0.3 is 0 Å². The van der Waals surface area contributed by atoms with Crippen LogP contribution >= 0.6 is 0 Å². The number of sulfone groups is 1. The summed E-state index contributed by atoms with van der Waals surface area (Å²) in [6.45, 7) is 3.80. The Morgan fingerprint density at radius 3 is 2.48 bits per heavy atom. The van der Waals surface area contributed by atoms with Crippen LogP contribution in [0.4, 0.5) is 8.78 Å². The van der Waals surface area contributed by atoms with E-state index in [0.29, 0.717) is 17.5 Å². The zero-order valence-corrected chi connectivity index (χ0v) is 13.2. The largest absolute Gasteiger partial charge is 0.285 e. The van der Waals surface area contributed by atoms with E-state index in [0.717, 1.165) is 12.1 Å². The summed E-state index contributed by atoms with van der Waals surface area (Å²) in [5.74, 6) is -1.34. The molecule has 120 valence electrons. The highest BCUT2D eigenvalue weighted by atomic mass is 32.2. The Kier molecular flexibility index (Phi) is 3.63. The van der Waals surface area contributed by atoms with Crippen molar-refractivity contribution < 1.29 is 17.2 Å². The number of rotatable bonds is 3. The molecule has 0 saturated carbocycles. The third kappa shape index (κ3) is 2.59. The molecule has 2 aromatic heterocycles. The fourth-order valence-electron chi connectivity index (χ4n) is 2.26. The van der Waals surface area contributed by atoms with E-state index in [4.69, 9.17) is 0 Å². The molecular formula is C15H13F2N3O2S. The number of aromatic nitrogens is 3. The highest BCUT2D eigenvalue weighted by Gasteiger charge is 2.23. The molecule has 0 spiro atoms. The van der Waals surface area contributed by atoms with Crippen LogP contribution in [-0.4, -0.2) is 23.0 Å². The van der Waals surface area contributed by atoms with Crippen molar-refractivity contribution in [3.05, 3.63) is 54.0 Å². The first-order chi connectivity index (χ1) is 10.8. The van der Waals surface area contributed by atoms with Crippen LogP contribution in [0.1, 0.15) is 25.6 Å². The van der Waals surface area contributed by atoms with E-state index < -0.39 is 26.4 Å². The van der Waals surface area contributed by atoms with Crippen LogP contribution in [0.25, 0.3) is 5.65 Å². The first kappa shape index (κ1) is 15.5. The van der Waals surface area contributed by atoms with Gasteiger partial charge in [-0.15, -0.1) is 10.2 Å². The van der Waals surface area contributed by atoms with Gasteiger partial charge in [-0.25, -0.2) is 17.2 Å². The molecule has 0 unspecified atom stereocenters. The lowest BCUT2D eigenvalue weighted by Gasteiger charge is -2.08.